The van der Waals surface area contributed by atoms with Crippen molar-refractivity contribution in [3.05, 3.63) is 41.5 Å². The maximum atomic E-state index is 5.63. The average Bonchev–Trinajstić information content (AvgIpc) is 2.39. The number of ether oxygens (including phenoxy) is 1. The van der Waals surface area contributed by atoms with Gasteiger partial charge < -0.3 is 4.74 Å². The molecule has 15 heavy (non-hydrogen) atoms. The Morgan fingerprint density at radius 2 is 1.93 bits per heavy atom. The maximum Gasteiger partial charge on any atom is 0.123 e. The number of hydrogen-bond donors (Lipinski definition) is 0. The molecule has 0 aromatic heterocycles. The minimum Gasteiger partial charge on any atom is -0.489 e. The van der Waals surface area contributed by atoms with Crippen LogP contribution in [-0.2, 0) is 11.8 Å². The summed E-state index contributed by atoms with van der Waals surface area (Å²) < 4.78 is 5.63. The Balaban J connectivity index is 2.40. The lowest BCUT2D eigenvalue weighted by Gasteiger charge is -2.20. The summed E-state index contributed by atoms with van der Waals surface area (Å²) in [5.41, 5.74) is 2.89. The maximum absolute atomic E-state index is 5.63. The van der Waals surface area contributed by atoms with Gasteiger partial charge in [0, 0.05) is 0 Å². The summed E-state index contributed by atoms with van der Waals surface area (Å²) in [4.78, 5) is 0. The van der Waals surface area contributed by atoms with Gasteiger partial charge in [0.05, 0.1) is 0 Å². The third kappa shape index (κ3) is 2.23. The van der Waals surface area contributed by atoms with Crippen LogP contribution in [0.5, 0.6) is 5.75 Å². The molecule has 1 heteroatoms. The first kappa shape index (κ1) is 10.3. The van der Waals surface area contributed by atoms with E-state index in [-0.39, 0.29) is 5.41 Å². The van der Waals surface area contributed by atoms with Crippen molar-refractivity contribution in [2.45, 2.75) is 32.6 Å². The largest absolute Gasteiger partial charge is 0.489 e. The van der Waals surface area contributed by atoms with E-state index in [0.29, 0.717) is 6.61 Å². The summed E-state index contributed by atoms with van der Waals surface area (Å²) in [7, 11) is 0. The summed E-state index contributed by atoms with van der Waals surface area (Å²) in [6.45, 7) is 7.41. The topological polar surface area (TPSA) is 9.23 Å². The quantitative estimate of drug-likeness (QED) is 0.585. The van der Waals surface area contributed by atoms with Crippen molar-refractivity contribution in [3.8, 4) is 5.75 Å². The van der Waals surface area contributed by atoms with Crippen LogP contribution in [0.2, 0.25) is 0 Å². The third-order valence-corrected chi connectivity index (χ3v) is 2.77. The van der Waals surface area contributed by atoms with Gasteiger partial charge in [-0.2, -0.15) is 0 Å². The van der Waals surface area contributed by atoms with Crippen LogP contribution in [0, 0.1) is 0 Å². The summed E-state index contributed by atoms with van der Waals surface area (Å²) >= 11 is 0. The molecule has 1 aliphatic heterocycles. The number of fused-ring (bicyclic) bond motifs is 1. The van der Waals surface area contributed by atoms with Crippen LogP contribution in [0.1, 0.15) is 31.9 Å². The Morgan fingerprint density at radius 1 is 1.13 bits per heavy atom. The fourth-order valence-electron chi connectivity index (χ4n) is 1.76. The molecule has 1 nitrogen and oxygen atoms in total. The Bertz CT molecular complexity index is 383. The SMILES string of the molecule is CC(C)(C)c1ccc2c(c1)CC=CCO2. The van der Waals surface area contributed by atoms with Crippen LogP contribution in [0.3, 0.4) is 0 Å². The summed E-state index contributed by atoms with van der Waals surface area (Å²) in [5, 5.41) is 0. The molecule has 0 radical (unpaired) electrons. The number of rotatable bonds is 0. The molecule has 1 aliphatic rings. The zero-order valence-electron chi connectivity index (χ0n) is 9.71. The predicted molar refractivity (Wildman–Crippen MR) is 63.5 cm³/mol. The standard InChI is InChI=1S/C14H18O/c1-14(2,3)12-7-8-13-11(10-12)6-4-5-9-15-13/h4-5,7-8,10H,6,9H2,1-3H3. The summed E-state index contributed by atoms with van der Waals surface area (Å²) in [6.07, 6.45) is 5.24. The van der Waals surface area contributed by atoms with E-state index in [0.717, 1.165) is 12.2 Å². The Labute approximate surface area is 91.8 Å². The van der Waals surface area contributed by atoms with E-state index in [2.05, 4.69) is 51.1 Å². The van der Waals surface area contributed by atoms with Crippen molar-refractivity contribution in [1.82, 2.24) is 0 Å². The first-order chi connectivity index (χ1) is 7.07. The van der Waals surface area contributed by atoms with E-state index >= 15 is 0 Å². The highest BCUT2D eigenvalue weighted by Crippen LogP contribution is 2.29. The molecule has 1 aromatic rings. The molecule has 0 unspecified atom stereocenters. The highest BCUT2D eigenvalue weighted by molar-refractivity contribution is 5.41. The van der Waals surface area contributed by atoms with Crippen molar-refractivity contribution >= 4 is 0 Å². The summed E-state index contributed by atoms with van der Waals surface area (Å²) in [6, 6.07) is 6.54. The molecule has 0 fully saturated rings. The minimum atomic E-state index is 0.213. The molecule has 80 valence electrons. The molecule has 0 amide bonds. The molecule has 0 saturated carbocycles. The monoisotopic (exact) mass is 202 g/mol. The molecule has 0 N–H and O–H groups in total. The number of allylic oxidation sites excluding steroid dienone is 1. The smallest absolute Gasteiger partial charge is 0.123 e. The molecule has 1 aromatic carbocycles. The predicted octanol–water partition coefficient (Wildman–Crippen LogP) is 3.48. The van der Waals surface area contributed by atoms with Gasteiger partial charge in [-0.15, -0.1) is 0 Å². The van der Waals surface area contributed by atoms with E-state index in [9.17, 15) is 0 Å². The van der Waals surface area contributed by atoms with Crippen LogP contribution in [0.25, 0.3) is 0 Å². The van der Waals surface area contributed by atoms with E-state index in [1.54, 1.807) is 0 Å². The first-order valence-electron chi connectivity index (χ1n) is 5.48. The lowest BCUT2D eigenvalue weighted by molar-refractivity contribution is 0.362. The van der Waals surface area contributed by atoms with Crippen molar-refractivity contribution in [3.63, 3.8) is 0 Å². The van der Waals surface area contributed by atoms with E-state index < -0.39 is 0 Å². The van der Waals surface area contributed by atoms with Gasteiger partial charge in [0.1, 0.15) is 12.4 Å². The fraction of sp³-hybridized carbons (Fsp3) is 0.429. The number of benzene rings is 1. The second-order valence-electron chi connectivity index (χ2n) is 5.06. The molecular weight excluding hydrogens is 184 g/mol. The van der Waals surface area contributed by atoms with Gasteiger partial charge in [0.25, 0.3) is 0 Å². The second-order valence-corrected chi connectivity index (χ2v) is 5.06. The third-order valence-electron chi connectivity index (χ3n) is 2.77. The second kappa shape index (κ2) is 3.73. The van der Waals surface area contributed by atoms with Crippen LogP contribution < -0.4 is 4.74 Å². The van der Waals surface area contributed by atoms with Gasteiger partial charge >= 0.3 is 0 Å². The van der Waals surface area contributed by atoms with Crippen molar-refractivity contribution in [2.75, 3.05) is 6.61 Å². The van der Waals surface area contributed by atoms with Crippen molar-refractivity contribution < 1.29 is 4.74 Å². The van der Waals surface area contributed by atoms with Crippen LogP contribution in [0.15, 0.2) is 30.4 Å². The lowest BCUT2D eigenvalue weighted by Crippen LogP contribution is -2.11. The molecule has 2 rings (SSSR count). The van der Waals surface area contributed by atoms with E-state index in [1.165, 1.54) is 11.1 Å². The first-order valence-corrected chi connectivity index (χ1v) is 5.48. The molecule has 1 heterocycles. The Morgan fingerprint density at radius 3 is 2.67 bits per heavy atom. The minimum absolute atomic E-state index is 0.213. The highest BCUT2D eigenvalue weighted by Gasteiger charge is 2.16. The van der Waals surface area contributed by atoms with Crippen LogP contribution >= 0.6 is 0 Å². The molecule has 0 saturated heterocycles. The Hall–Kier alpha value is -1.24. The summed E-state index contributed by atoms with van der Waals surface area (Å²) in [5.74, 6) is 1.04. The van der Waals surface area contributed by atoms with E-state index in [4.69, 9.17) is 4.74 Å². The van der Waals surface area contributed by atoms with Crippen LogP contribution in [0.4, 0.5) is 0 Å². The van der Waals surface area contributed by atoms with Gasteiger partial charge in [-0.3, -0.25) is 0 Å². The van der Waals surface area contributed by atoms with Crippen LogP contribution in [-0.4, -0.2) is 6.61 Å². The normalized spacial score (nSPS) is 15.4. The fourth-order valence-corrected chi connectivity index (χ4v) is 1.76. The molecule has 0 bridgehead atoms. The van der Waals surface area contributed by atoms with E-state index in [1.807, 2.05) is 0 Å². The molecular formula is C14H18O. The van der Waals surface area contributed by atoms with Gasteiger partial charge in [-0.1, -0.05) is 45.1 Å². The lowest BCUT2D eigenvalue weighted by atomic mass is 9.86. The zero-order valence-corrected chi connectivity index (χ0v) is 9.71. The number of hydrogen-bond acceptors (Lipinski definition) is 1. The highest BCUT2D eigenvalue weighted by atomic mass is 16.5. The van der Waals surface area contributed by atoms with Gasteiger partial charge in [-0.25, -0.2) is 0 Å². The Kier molecular flexibility index (Phi) is 2.56. The molecule has 0 atom stereocenters. The van der Waals surface area contributed by atoms with Gasteiger partial charge in [0.15, 0.2) is 0 Å². The average molecular weight is 202 g/mol. The van der Waals surface area contributed by atoms with Gasteiger partial charge in [0.2, 0.25) is 0 Å². The van der Waals surface area contributed by atoms with Crippen molar-refractivity contribution in [1.29, 1.82) is 0 Å². The van der Waals surface area contributed by atoms with Crippen molar-refractivity contribution in [2.24, 2.45) is 0 Å². The molecule has 0 spiro atoms. The van der Waals surface area contributed by atoms with Gasteiger partial charge in [-0.05, 0) is 29.0 Å². The zero-order chi connectivity index (χ0) is 10.9. The molecule has 0 aliphatic carbocycles.